The second kappa shape index (κ2) is 7.40. The number of hydrogen-bond donors (Lipinski definition) is 2. The first-order valence-corrected chi connectivity index (χ1v) is 9.65. The van der Waals surface area contributed by atoms with Crippen molar-refractivity contribution >= 4 is 33.3 Å². The van der Waals surface area contributed by atoms with E-state index < -0.39 is 0 Å². The van der Waals surface area contributed by atoms with Crippen molar-refractivity contribution in [3.8, 4) is 0 Å². The average Bonchev–Trinajstić information content (AvgIpc) is 2.77. The van der Waals surface area contributed by atoms with E-state index in [1.807, 2.05) is 18.3 Å². The topological polar surface area (TPSA) is 66.0 Å². The van der Waals surface area contributed by atoms with Crippen molar-refractivity contribution in [2.75, 3.05) is 36.4 Å². The van der Waals surface area contributed by atoms with Gasteiger partial charge in [0, 0.05) is 50.5 Å². The Labute approximate surface area is 163 Å². The zero-order valence-corrected chi connectivity index (χ0v) is 15.6. The zero-order chi connectivity index (χ0) is 18.8. The summed E-state index contributed by atoms with van der Waals surface area (Å²) in [5, 5.41) is 8.24. The van der Waals surface area contributed by atoms with Gasteiger partial charge >= 0.3 is 0 Å². The van der Waals surface area contributed by atoms with Gasteiger partial charge in [0.2, 0.25) is 0 Å². The average molecular weight is 370 g/mol. The van der Waals surface area contributed by atoms with Gasteiger partial charge in [0.25, 0.3) is 0 Å². The molecule has 0 bridgehead atoms. The number of nitrogens with zero attached hydrogens (tertiary/aromatic N) is 4. The third-order valence-electron chi connectivity index (χ3n) is 5.20. The Morgan fingerprint density at radius 3 is 2.61 bits per heavy atom. The predicted octanol–water partition coefficient (Wildman–Crippen LogP) is 3.20. The van der Waals surface area contributed by atoms with Crippen LogP contribution in [0.25, 0.3) is 21.9 Å². The number of fused-ring (bicyclic) bond motifs is 2. The largest absolute Gasteiger partial charge is 0.378 e. The van der Waals surface area contributed by atoms with Crippen LogP contribution >= 0.6 is 0 Å². The number of piperazine rings is 1. The molecule has 0 amide bonds. The molecule has 0 atom stereocenters. The van der Waals surface area contributed by atoms with Crippen LogP contribution in [-0.4, -0.2) is 41.1 Å². The SMILES string of the molecule is c1ccc2c(N3CCNCC3)c(NCc3ccc4nccnc4c3)cnc2c1. The Hall–Kier alpha value is -3.25. The van der Waals surface area contributed by atoms with E-state index >= 15 is 0 Å². The highest BCUT2D eigenvalue weighted by molar-refractivity contribution is 5.98. The highest BCUT2D eigenvalue weighted by Crippen LogP contribution is 2.34. The molecule has 0 unspecified atom stereocenters. The van der Waals surface area contributed by atoms with E-state index in [9.17, 15) is 0 Å². The number of aromatic nitrogens is 3. The number of hydrogen-bond acceptors (Lipinski definition) is 6. The molecule has 2 aromatic heterocycles. The smallest absolute Gasteiger partial charge is 0.0890 e. The van der Waals surface area contributed by atoms with E-state index in [1.165, 1.54) is 16.6 Å². The van der Waals surface area contributed by atoms with Crippen LogP contribution in [0.4, 0.5) is 11.4 Å². The molecular formula is C22H22N6. The molecule has 3 heterocycles. The van der Waals surface area contributed by atoms with Crippen LogP contribution in [0.15, 0.2) is 61.1 Å². The van der Waals surface area contributed by atoms with Crippen molar-refractivity contribution < 1.29 is 0 Å². The molecule has 4 aromatic rings. The fourth-order valence-electron chi connectivity index (χ4n) is 3.80. The Morgan fingerprint density at radius 1 is 0.893 bits per heavy atom. The molecule has 1 aliphatic heterocycles. The van der Waals surface area contributed by atoms with Crippen LogP contribution in [0.5, 0.6) is 0 Å². The lowest BCUT2D eigenvalue weighted by Gasteiger charge is -2.32. The molecule has 0 radical (unpaired) electrons. The van der Waals surface area contributed by atoms with Crippen LogP contribution in [-0.2, 0) is 6.54 Å². The lowest BCUT2D eigenvalue weighted by Crippen LogP contribution is -2.43. The first-order chi connectivity index (χ1) is 13.9. The maximum Gasteiger partial charge on any atom is 0.0890 e. The lowest BCUT2D eigenvalue weighted by molar-refractivity contribution is 0.590. The third-order valence-corrected chi connectivity index (χ3v) is 5.20. The molecule has 0 aliphatic carbocycles. The number of rotatable bonds is 4. The summed E-state index contributed by atoms with van der Waals surface area (Å²) in [4.78, 5) is 15.9. The highest BCUT2D eigenvalue weighted by Gasteiger charge is 2.18. The highest BCUT2D eigenvalue weighted by atomic mass is 15.2. The van der Waals surface area contributed by atoms with Crippen LogP contribution in [0.2, 0.25) is 0 Å². The second-order valence-corrected chi connectivity index (χ2v) is 7.01. The van der Waals surface area contributed by atoms with Gasteiger partial charge in [-0.15, -0.1) is 0 Å². The predicted molar refractivity (Wildman–Crippen MR) is 114 cm³/mol. The van der Waals surface area contributed by atoms with E-state index in [0.717, 1.165) is 48.4 Å². The van der Waals surface area contributed by atoms with Crippen molar-refractivity contribution in [2.24, 2.45) is 0 Å². The summed E-state index contributed by atoms with van der Waals surface area (Å²) in [5.74, 6) is 0. The van der Waals surface area contributed by atoms with Crippen molar-refractivity contribution in [1.82, 2.24) is 20.3 Å². The molecule has 1 aliphatic rings. The van der Waals surface area contributed by atoms with Gasteiger partial charge in [-0.2, -0.15) is 0 Å². The van der Waals surface area contributed by atoms with Crippen molar-refractivity contribution in [3.05, 3.63) is 66.6 Å². The number of benzene rings is 2. The summed E-state index contributed by atoms with van der Waals surface area (Å²) in [6.07, 6.45) is 5.41. The molecule has 6 heteroatoms. The maximum atomic E-state index is 4.67. The molecule has 140 valence electrons. The molecule has 1 saturated heterocycles. The Morgan fingerprint density at radius 2 is 1.71 bits per heavy atom. The first kappa shape index (κ1) is 16.9. The fourth-order valence-corrected chi connectivity index (χ4v) is 3.80. The van der Waals surface area contributed by atoms with E-state index in [0.29, 0.717) is 6.54 Å². The molecular weight excluding hydrogens is 348 g/mol. The summed E-state index contributed by atoms with van der Waals surface area (Å²) in [6, 6.07) is 14.6. The van der Waals surface area contributed by atoms with Crippen LogP contribution in [0, 0.1) is 0 Å². The summed E-state index contributed by atoms with van der Waals surface area (Å²) in [5.41, 5.74) is 6.35. The number of nitrogens with one attached hydrogen (secondary N) is 2. The van der Waals surface area contributed by atoms with Gasteiger partial charge in [-0.3, -0.25) is 15.0 Å². The summed E-state index contributed by atoms with van der Waals surface area (Å²) in [7, 11) is 0. The van der Waals surface area contributed by atoms with Crippen LogP contribution in [0.3, 0.4) is 0 Å². The Balaban J connectivity index is 1.48. The monoisotopic (exact) mass is 370 g/mol. The van der Waals surface area contributed by atoms with Gasteiger partial charge in [0.05, 0.1) is 34.1 Å². The quantitative estimate of drug-likeness (QED) is 0.575. The Kier molecular flexibility index (Phi) is 4.47. The summed E-state index contributed by atoms with van der Waals surface area (Å²) >= 11 is 0. The number of pyridine rings is 1. The molecule has 6 nitrogen and oxygen atoms in total. The van der Waals surface area contributed by atoms with Crippen molar-refractivity contribution in [1.29, 1.82) is 0 Å². The molecule has 1 fully saturated rings. The van der Waals surface area contributed by atoms with Crippen LogP contribution < -0.4 is 15.5 Å². The van der Waals surface area contributed by atoms with E-state index in [2.05, 4.69) is 60.8 Å². The van der Waals surface area contributed by atoms with Crippen LogP contribution in [0.1, 0.15) is 5.56 Å². The van der Waals surface area contributed by atoms with Gasteiger partial charge < -0.3 is 15.5 Å². The number of para-hydroxylation sites is 1. The minimum Gasteiger partial charge on any atom is -0.378 e. The van der Waals surface area contributed by atoms with Crippen molar-refractivity contribution in [2.45, 2.75) is 6.54 Å². The van der Waals surface area contributed by atoms with E-state index in [4.69, 9.17) is 0 Å². The van der Waals surface area contributed by atoms with Gasteiger partial charge in [-0.1, -0.05) is 24.3 Å². The molecule has 5 rings (SSSR count). The summed E-state index contributed by atoms with van der Waals surface area (Å²) < 4.78 is 0. The first-order valence-electron chi connectivity index (χ1n) is 9.65. The van der Waals surface area contributed by atoms with E-state index in [-0.39, 0.29) is 0 Å². The molecule has 0 saturated carbocycles. The minimum atomic E-state index is 0.714. The summed E-state index contributed by atoms with van der Waals surface area (Å²) in [6.45, 7) is 4.70. The normalized spacial score (nSPS) is 14.5. The Bertz CT molecular complexity index is 1120. The molecule has 28 heavy (non-hydrogen) atoms. The minimum absolute atomic E-state index is 0.714. The molecule has 2 aromatic carbocycles. The van der Waals surface area contributed by atoms with Gasteiger partial charge in [0.1, 0.15) is 0 Å². The van der Waals surface area contributed by atoms with Gasteiger partial charge in [-0.25, -0.2) is 0 Å². The van der Waals surface area contributed by atoms with Gasteiger partial charge in [-0.05, 0) is 23.8 Å². The fraction of sp³-hybridized carbons (Fsp3) is 0.227. The maximum absolute atomic E-state index is 4.67. The molecule has 2 N–H and O–H groups in total. The zero-order valence-electron chi connectivity index (χ0n) is 15.6. The second-order valence-electron chi connectivity index (χ2n) is 7.01. The number of anilines is 2. The van der Waals surface area contributed by atoms with Crippen molar-refractivity contribution in [3.63, 3.8) is 0 Å². The third kappa shape index (κ3) is 3.23. The standard InChI is InChI=1S/C22H22N6/c1-2-4-18-17(3-1)22(28-11-9-23-10-12-28)21(15-27-18)26-14-16-5-6-19-20(13-16)25-8-7-24-19/h1-8,13,15,23,26H,9-12,14H2. The lowest BCUT2D eigenvalue weighted by atomic mass is 10.1. The van der Waals surface area contributed by atoms with E-state index in [1.54, 1.807) is 12.4 Å². The molecule has 0 spiro atoms. The van der Waals surface area contributed by atoms with Gasteiger partial charge in [0.15, 0.2) is 0 Å².